The molecule has 1 atom stereocenters. The van der Waals surface area contributed by atoms with Crippen molar-refractivity contribution < 1.29 is 38.9 Å². The van der Waals surface area contributed by atoms with E-state index in [9.17, 15) is 4.79 Å². The van der Waals surface area contributed by atoms with Gasteiger partial charge in [-0.2, -0.15) is 4.98 Å². The summed E-state index contributed by atoms with van der Waals surface area (Å²) in [5.41, 5.74) is -0.0923. The molecule has 2 aromatic carbocycles. The fraction of sp³-hybridized carbons (Fsp3) is 0.348. The van der Waals surface area contributed by atoms with E-state index < -0.39 is 56.3 Å². The van der Waals surface area contributed by atoms with E-state index in [-0.39, 0.29) is 49.4 Å². The van der Waals surface area contributed by atoms with Gasteiger partial charge in [-0.25, -0.2) is 4.98 Å². The van der Waals surface area contributed by atoms with Crippen molar-refractivity contribution in [1.82, 2.24) is 14.9 Å². The Kier molecular flexibility index (Phi) is 3.05. The van der Waals surface area contributed by atoms with Crippen LogP contribution in [0.25, 0.3) is 10.9 Å². The molecule has 0 bridgehead atoms. The van der Waals surface area contributed by atoms with Crippen LogP contribution in [0.2, 0.25) is 2.82 Å². The van der Waals surface area contributed by atoms with Gasteiger partial charge >= 0.3 is 0 Å². The largest absolute Gasteiger partial charge is 0.493 e. The molecule has 0 aliphatic carbocycles. The lowest BCUT2D eigenvalue weighted by Crippen LogP contribution is -2.54. The Labute approximate surface area is 206 Å². The van der Waals surface area contributed by atoms with Crippen molar-refractivity contribution in [3.63, 3.8) is 0 Å². The van der Waals surface area contributed by atoms with Gasteiger partial charge < -0.3 is 34.5 Å². The first-order valence-electron chi connectivity index (χ1n) is 15.0. The molecule has 0 radical (unpaired) electrons. The molecule has 3 heterocycles. The molecule has 2 aliphatic rings. The molecule has 1 fully saturated rings. The van der Waals surface area contributed by atoms with Crippen molar-refractivity contribution >= 4 is 28.6 Å². The summed E-state index contributed by atoms with van der Waals surface area (Å²) in [4.78, 5) is 21.5. The number of carbonyl (C=O) groups is 1. The third kappa shape index (κ3) is 3.88. The number of hydrogen-bond donors (Lipinski definition) is 1. The predicted octanol–water partition coefficient (Wildman–Crippen LogP) is 1.72. The van der Waals surface area contributed by atoms with Crippen LogP contribution in [0, 0.1) is 0 Å². The van der Waals surface area contributed by atoms with Crippen LogP contribution in [0.5, 0.6) is 23.0 Å². The van der Waals surface area contributed by atoms with Gasteiger partial charge in [-0.15, -0.1) is 0 Å². The van der Waals surface area contributed by atoms with E-state index >= 15 is 0 Å². The van der Waals surface area contributed by atoms with Gasteiger partial charge in [0.25, 0.3) is 5.91 Å². The van der Waals surface area contributed by atoms with Crippen LogP contribution in [-0.4, -0.2) is 73.7 Å². The highest BCUT2D eigenvalue weighted by Crippen LogP contribution is 2.34. The van der Waals surface area contributed by atoms with Crippen molar-refractivity contribution in [3.05, 3.63) is 36.4 Å². The average molecular weight is 463 g/mol. The van der Waals surface area contributed by atoms with Crippen molar-refractivity contribution in [3.8, 4) is 23.0 Å². The van der Waals surface area contributed by atoms with E-state index in [0.717, 1.165) is 0 Å². The van der Waals surface area contributed by atoms with E-state index in [1.165, 1.54) is 44.6 Å². The Hall–Kier alpha value is -3.95. The highest BCUT2D eigenvalue weighted by atomic mass is 16.6. The lowest BCUT2D eigenvalue weighted by atomic mass is 10.2. The second kappa shape index (κ2) is 8.53. The topological polar surface area (TPSA) is 112 Å². The minimum absolute atomic E-state index is 0.0169. The molecule has 2 aliphatic heterocycles. The number of aromatic nitrogens is 2. The number of nitrogens with two attached hydrogens (primary N) is 1. The lowest BCUT2D eigenvalue weighted by Gasteiger charge is -2.37. The van der Waals surface area contributed by atoms with E-state index in [2.05, 4.69) is 9.97 Å². The molecule has 1 unspecified atom stereocenters. The smallest absolute Gasteiger partial charge is 0.267 e. The molecule has 1 amide bonds. The molecule has 0 spiro atoms. The van der Waals surface area contributed by atoms with Crippen molar-refractivity contribution in [2.24, 2.45) is 0 Å². The second-order valence-electron chi connectivity index (χ2n) is 6.76. The summed E-state index contributed by atoms with van der Waals surface area (Å²) in [5.74, 6) is -2.89. The minimum atomic E-state index is -3.72. The number of rotatable bonds is 5. The zero-order valence-corrected chi connectivity index (χ0v) is 17.4. The maximum Gasteiger partial charge on any atom is 0.267 e. The van der Waals surface area contributed by atoms with Crippen LogP contribution in [0.4, 0.5) is 11.8 Å². The summed E-state index contributed by atoms with van der Waals surface area (Å²) in [5, 5.41) is 0.0169. The molecule has 1 aromatic heterocycles. The maximum absolute atomic E-state index is 13.8. The summed E-state index contributed by atoms with van der Waals surface area (Å²) >= 11 is 0. The Bertz CT molecular complexity index is 1620. The summed E-state index contributed by atoms with van der Waals surface area (Å²) < 4.78 is 115. The number of methoxy groups -OCH3 is 2. The molecule has 0 saturated carbocycles. The third-order valence-electron chi connectivity index (χ3n) is 4.80. The number of piperazine rings is 1. The highest BCUT2D eigenvalue weighted by Gasteiger charge is 2.33. The van der Waals surface area contributed by atoms with Gasteiger partial charge in [0.05, 0.1) is 32.1 Å². The fourth-order valence-corrected chi connectivity index (χ4v) is 3.17. The van der Waals surface area contributed by atoms with Crippen molar-refractivity contribution in [1.29, 1.82) is 0 Å². The second-order valence-corrected chi connectivity index (χ2v) is 6.76. The van der Waals surface area contributed by atoms with Crippen LogP contribution >= 0.6 is 0 Å². The SMILES string of the molecule is [2H]N([2H])c1nc(N2C([2H])([2H])C([2H])([2H])N(C(=O)C3([2H])COc4ccccc4O3)C([2H])([2H])C2([2H])[2H])nc2cc(OC)c(OC)cc12. The van der Waals surface area contributed by atoms with Gasteiger partial charge in [0.2, 0.25) is 12.0 Å². The summed E-state index contributed by atoms with van der Waals surface area (Å²) in [6.45, 7) is -15.6. The van der Waals surface area contributed by atoms with E-state index in [4.69, 9.17) is 34.1 Å². The summed E-state index contributed by atoms with van der Waals surface area (Å²) in [6, 6.07) is 8.51. The van der Waals surface area contributed by atoms with Crippen LogP contribution in [-0.2, 0) is 4.79 Å². The standard InChI is InChI=1S/C23H25N5O5/c1-30-18-11-14-15(12-19(18)31-2)25-23(26-21(14)24)28-9-7-27(8-10-28)22(29)20-13-32-16-5-3-4-6-17(16)33-20/h3-6,11-12,20H,7-10,13H2,1-2H3,(H2,24,25,26)/i7D2,8D2,9D2,10D2,20D/hD2. The maximum atomic E-state index is 13.8. The molecule has 10 heteroatoms. The Balaban J connectivity index is 1.67. The van der Waals surface area contributed by atoms with Crippen LogP contribution in [0.15, 0.2) is 36.4 Å². The number of anilines is 2. The molecule has 33 heavy (non-hydrogen) atoms. The van der Waals surface area contributed by atoms with Gasteiger partial charge in [-0.3, -0.25) is 4.79 Å². The van der Waals surface area contributed by atoms with Gasteiger partial charge in [-0.05, 0) is 18.2 Å². The van der Waals surface area contributed by atoms with Crippen LogP contribution < -0.4 is 29.6 Å². The van der Waals surface area contributed by atoms with Crippen LogP contribution in [0.1, 0.15) is 12.3 Å². The molecule has 3 aromatic rings. The monoisotopic (exact) mass is 462 g/mol. The summed E-state index contributed by atoms with van der Waals surface area (Å²) in [7, 11) is 2.64. The Morgan fingerprint density at radius 3 is 2.61 bits per heavy atom. The molecular formula is C23H25N5O5. The number of nitrogens with zero attached hydrogens (tertiary/aromatic N) is 4. The molecule has 5 rings (SSSR count). The van der Waals surface area contributed by atoms with Crippen molar-refractivity contribution in [2.75, 3.05) is 57.4 Å². The highest BCUT2D eigenvalue weighted by molar-refractivity contribution is 5.91. The zero-order chi connectivity index (χ0) is 32.6. The minimum Gasteiger partial charge on any atom is -0.493 e. The first-order chi connectivity index (χ1) is 20.3. The molecule has 2 N–H and O–H groups in total. The Morgan fingerprint density at radius 2 is 1.88 bits per heavy atom. The third-order valence-corrected chi connectivity index (χ3v) is 4.80. The fourth-order valence-electron chi connectivity index (χ4n) is 3.17. The normalized spacial score (nSPS) is 30.8. The van der Waals surface area contributed by atoms with Gasteiger partial charge in [-0.1, -0.05) is 12.1 Å². The number of amides is 1. The average Bonchev–Trinajstić information content (AvgIpc) is 2.94. The number of para-hydroxylation sites is 2. The number of hydrogen-bond acceptors (Lipinski definition) is 9. The summed E-state index contributed by atoms with van der Waals surface area (Å²) in [6.07, 6.45) is -2.83. The number of nitrogen functional groups attached to an aromatic ring is 1. The molecule has 172 valence electrons. The quantitative estimate of drug-likeness (QED) is 0.605. The lowest BCUT2D eigenvalue weighted by molar-refractivity contribution is -0.141. The van der Waals surface area contributed by atoms with Gasteiger partial charge in [0, 0.05) is 37.4 Å². The number of carbonyl (C=O) groups excluding carboxylic acids is 1. The van der Waals surface area contributed by atoms with Crippen LogP contribution in [0.3, 0.4) is 0 Å². The Morgan fingerprint density at radius 1 is 1.15 bits per heavy atom. The van der Waals surface area contributed by atoms with Crippen molar-refractivity contribution in [2.45, 2.75) is 6.08 Å². The van der Waals surface area contributed by atoms with Gasteiger partial charge in [0.1, 0.15) is 12.4 Å². The van der Waals surface area contributed by atoms with E-state index in [1.54, 1.807) is 6.07 Å². The van der Waals surface area contributed by atoms with E-state index in [1.807, 2.05) is 0 Å². The predicted molar refractivity (Wildman–Crippen MR) is 122 cm³/mol. The molecular weight excluding hydrogens is 426 g/mol. The first kappa shape index (κ1) is 11.8. The number of benzene rings is 2. The van der Waals surface area contributed by atoms with E-state index in [0.29, 0.717) is 0 Å². The number of fused-ring (bicyclic) bond motifs is 2. The zero-order valence-electron chi connectivity index (χ0n) is 28.4. The number of ether oxygens (including phenoxy) is 4. The first-order valence-corrected chi connectivity index (χ1v) is 9.63. The molecule has 1 saturated heterocycles. The van der Waals surface area contributed by atoms with Gasteiger partial charge in [0.15, 0.2) is 25.8 Å². The molecule has 10 nitrogen and oxygen atoms in total.